The Balaban J connectivity index is 1.61. The number of anilines is 2. The molecule has 0 fully saturated rings. The molecule has 2 N–H and O–H groups in total. The number of para-hydroxylation sites is 1. The Morgan fingerprint density at radius 2 is 1.90 bits per heavy atom. The fourth-order valence-corrected chi connectivity index (χ4v) is 3.48. The maximum absolute atomic E-state index is 4.86. The first-order valence-electron chi connectivity index (χ1n) is 9.98. The van der Waals surface area contributed by atoms with Crippen LogP contribution in [-0.2, 0) is 0 Å². The third kappa shape index (κ3) is 4.09. The molecule has 1 aliphatic rings. The van der Waals surface area contributed by atoms with Crippen molar-refractivity contribution in [2.24, 2.45) is 0 Å². The molecule has 2 aromatic carbocycles. The Hall–Kier alpha value is -3.34. The molecule has 0 amide bonds. The van der Waals surface area contributed by atoms with Gasteiger partial charge in [-0.05, 0) is 38.1 Å². The molecule has 1 atom stereocenters. The summed E-state index contributed by atoms with van der Waals surface area (Å²) >= 11 is 0. The maximum Gasteiger partial charge on any atom is 0.162 e. The highest BCUT2D eigenvalue weighted by atomic mass is 15.2. The van der Waals surface area contributed by atoms with Crippen LogP contribution in [0.3, 0.4) is 0 Å². The summed E-state index contributed by atoms with van der Waals surface area (Å²) in [5.41, 5.74) is 5.76. The molecule has 2 heterocycles. The summed E-state index contributed by atoms with van der Waals surface area (Å²) in [6.45, 7) is 4.30. The second-order valence-corrected chi connectivity index (χ2v) is 7.40. The fourth-order valence-electron chi connectivity index (χ4n) is 3.48. The first kappa shape index (κ1) is 19.0. The van der Waals surface area contributed by atoms with Crippen molar-refractivity contribution < 1.29 is 0 Å². The molecule has 0 radical (unpaired) electrons. The molecule has 3 aromatic rings. The lowest BCUT2D eigenvalue weighted by molar-refractivity contribution is 0.674. The van der Waals surface area contributed by atoms with Gasteiger partial charge in [-0.2, -0.15) is 0 Å². The summed E-state index contributed by atoms with van der Waals surface area (Å²) in [5.74, 6) is 1.58. The molecule has 0 saturated heterocycles. The zero-order valence-electron chi connectivity index (χ0n) is 17.4. The van der Waals surface area contributed by atoms with E-state index < -0.39 is 0 Å². The van der Waals surface area contributed by atoms with Gasteiger partial charge in [-0.1, -0.05) is 36.4 Å². The highest BCUT2D eigenvalue weighted by Gasteiger charge is 2.22. The number of nitrogens with one attached hydrogen (secondary N) is 2. The Morgan fingerprint density at radius 1 is 1.10 bits per heavy atom. The van der Waals surface area contributed by atoms with Crippen LogP contribution in [0, 0.1) is 0 Å². The number of hydrogen-bond donors (Lipinski definition) is 2. The van der Waals surface area contributed by atoms with Gasteiger partial charge in [-0.3, -0.25) is 0 Å². The first-order valence-corrected chi connectivity index (χ1v) is 9.98. The Labute approximate surface area is 172 Å². The van der Waals surface area contributed by atoms with Crippen LogP contribution in [0.4, 0.5) is 11.5 Å². The lowest BCUT2D eigenvalue weighted by Crippen LogP contribution is -2.14. The molecule has 0 spiro atoms. The zero-order valence-corrected chi connectivity index (χ0v) is 17.4. The lowest BCUT2D eigenvalue weighted by Gasteiger charge is -2.14. The van der Waals surface area contributed by atoms with Crippen LogP contribution in [0.1, 0.15) is 20.3 Å². The van der Waals surface area contributed by atoms with E-state index in [1.165, 1.54) is 11.4 Å². The van der Waals surface area contributed by atoms with E-state index in [9.17, 15) is 0 Å². The largest absolute Gasteiger partial charge is 0.388 e. The highest BCUT2D eigenvalue weighted by molar-refractivity contribution is 5.90. The number of allylic oxidation sites excluding steroid dienone is 2. The summed E-state index contributed by atoms with van der Waals surface area (Å²) in [6, 6.07) is 16.5. The van der Waals surface area contributed by atoms with E-state index in [0.717, 1.165) is 40.2 Å². The van der Waals surface area contributed by atoms with Gasteiger partial charge >= 0.3 is 0 Å². The minimum Gasteiger partial charge on any atom is -0.388 e. The fraction of sp³-hybridized carbons (Fsp3) is 0.250. The van der Waals surface area contributed by atoms with E-state index in [1.807, 2.05) is 43.4 Å². The smallest absolute Gasteiger partial charge is 0.162 e. The van der Waals surface area contributed by atoms with E-state index in [-0.39, 0.29) is 6.04 Å². The topological polar surface area (TPSA) is 52.9 Å². The predicted molar refractivity (Wildman–Crippen MR) is 122 cm³/mol. The number of nitrogens with zero attached hydrogens (tertiary/aromatic N) is 3. The highest BCUT2D eigenvalue weighted by Crippen LogP contribution is 2.31. The second kappa shape index (κ2) is 7.95. The first-order chi connectivity index (χ1) is 14.1. The molecule has 0 bridgehead atoms. The molecule has 1 aromatic heterocycles. The average molecular weight is 386 g/mol. The maximum atomic E-state index is 4.86. The minimum atomic E-state index is 0.162. The van der Waals surface area contributed by atoms with Gasteiger partial charge in [0.25, 0.3) is 0 Å². The van der Waals surface area contributed by atoms with Gasteiger partial charge in [-0.15, -0.1) is 0 Å². The van der Waals surface area contributed by atoms with Crippen molar-refractivity contribution in [1.29, 1.82) is 0 Å². The van der Waals surface area contributed by atoms with Crippen LogP contribution in [0.5, 0.6) is 0 Å². The van der Waals surface area contributed by atoms with Crippen molar-refractivity contribution in [3.05, 3.63) is 72.1 Å². The van der Waals surface area contributed by atoms with Crippen molar-refractivity contribution in [1.82, 2.24) is 14.9 Å². The number of fused-ring (bicyclic) bond motifs is 1. The van der Waals surface area contributed by atoms with Crippen LogP contribution in [0.2, 0.25) is 0 Å². The number of aromatic nitrogens is 2. The van der Waals surface area contributed by atoms with Crippen LogP contribution in [0.25, 0.3) is 22.3 Å². The molecule has 1 aliphatic heterocycles. The summed E-state index contributed by atoms with van der Waals surface area (Å²) in [5, 5.41) is 7.76. The molecular weight excluding hydrogens is 358 g/mol. The lowest BCUT2D eigenvalue weighted by atomic mass is 10.1. The molecule has 148 valence electrons. The van der Waals surface area contributed by atoms with Gasteiger partial charge in [0.15, 0.2) is 5.82 Å². The average Bonchev–Trinajstić information content (AvgIpc) is 3.32. The minimum absolute atomic E-state index is 0.162. The molecular formula is C24H27N5. The standard InChI is InChI=1S/C24H27N5/c1-16(9-7-14-22-17(2)29(22)4)26-24-20-12-5-6-13-21(20)27-23(28-24)18-10-8-11-19(15-18)25-3/h5-13,15-16,25H,14H2,1-4H3,(H,26,27,28)/b9-7-. The Kier molecular flexibility index (Phi) is 5.21. The summed E-state index contributed by atoms with van der Waals surface area (Å²) in [6.07, 6.45) is 5.40. The van der Waals surface area contributed by atoms with Crippen molar-refractivity contribution in [3.8, 4) is 11.4 Å². The van der Waals surface area contributed by atoms with Crippen LogP contribution >= 0.6 is 0 Å². The summed E-state index contributed by atoms with van der Waals surface area (Å²) in [4.78, 5) is 11.9. The third-order valence-electron chi connectivity index (χ3n) is 5.39. The van der Waals surface area contributed by atoms with E-state index in [4.69, 9.17) is 9.97 Å². The summed E-state index contributed by atoms with van der Waals surface area (Å²) in [7, 11) is 4.02. The molecule has 29 heavy (non-hydrogen) atoms. The summed E-state index contributed by atoms with van der Waals surface area (Å²) < 4.78 is 0. The van der Waals surface area contributed by atoms with Crippen LogP contribution in [0.15, 0.2) is 72.1 Å². The molecule has 0 saturated carbocycles. The SMILES string of the molecule is CNc1cccc(-c2nc(NC(C)/C=C\CC3=C(C)N3C)c3ccccc3n2)c1. The van der Waals surface area contributed by atoms with E-state index >= 15 is 0 Å². The van der Waals surface area contributed by atoms with Gasteiger partial charge in [0, 0.05) is 54.6 Å². The van der Waals surface area contributed by atoms with Crippen LogP contribution < -0.4 is 10.6 Å². The van der Waals surface area contributed by atoms with E-state index in [2.05, 4.69) is 60.7 Å². The third-order valence-corrected chi connectivity index (χ3v) is 5.39. The molecule has 4 rings (SSSR count). The Morgan fingerprint density at radius 3 is 2.66 bits per heavy atom. The van der Waals surface area contributed by atoms with Gasteiger partial charge < -0.3 is 15.5 Å². The second-order valence-electron chi connectivity index (χ2n) is 7.40. The van der Waals surface area contributed by atoms with Crippen molar-refractivity contribution in [2.75, 3.05) is 24.7 Å². The van der Waals surface area contributed by atoms with Crippen molar-refractivity contribution >= 4 is 22.4 Å². The monoisotopic (exact) mass is 385 g/mol. The normalized spacial score (nSPS) is 14.6. The van der Waals surface area contributed by atoms with Gasteiger partial charge in [0.05, 0.1) is 5.52 Å². The van der Waals surface area contributed by atoms with E-state index in [0.29, 0.717) is 0 Å². The Bertz CT molecular complexity index is 1100. The van der Waals surface area contributed by atoms with Crippen molar-refractivity contribution in [2.45, 2.75) is 26.3 Å². The number of rotatable bonds is 7. The molecule has 1 unspecified atom stereocenters. The molecule has 0 aliphatic carbocycles. The van der Waals surface area contributed by atoms with Crippen LogP contribution in [-0.4, -0.2) is 35.0 Å². The van der Waals surface area contributed by atoms with Gasteiger partial charge in [0.2, 0.25) is 0 Å². The van der Waals surface area contributed by atoms with Gasteiger partial charge in [0.1, 0.15) is 5.82 Å². The number of hydrogen-bond acceptors (Lipinski definition) is 5. The van der Waals surface area contributed by atoms with E-state index in [1.54, 1.807) is 0 Å². The van der Waals surface area contributed by atoms with Crippen molar-refractivity contribution in [3.63, 3.8) is 0 Å². The molecule has 5 heteroatoms. The number of benzene rings is 2. The quantitative estimate of drug-likeness (QED) is 0.543. The molecule has 5 nitrogen and oxygen atoms in total. The predicted octanol–water partition coefficient (Wildman–Crippen LogP) is 5.26. The van der Waals surface area contributed by atoms with Gasteiger partial charge in [-0.25, -0.2) is 9.97 Å². The zero-order chi connectivity index (χ0) is 20.4.